The van der Waals surface area contributed by atoms with Gasteiger partial charge in [0.15, 0.2) is 0 Å². The molecule has 146 valence electrons. The van der Waals surface area contributed by atoms with Gasteiger partial charge >= 0.3 is 0 Å². The normalized spacial score (nSPS) is 12.5. The monoisotopic (exact) mass is 440 g/mol. The van der Waals surface area contributed by atoms with Gasteiger partial charge in [-0.3, -0.25) is 10.1 Å². The number of carbonyl (C=O) groups is 1. The van der Waals surface area contributed by atoms with Crippen LogP contribution in [0, 0.1) is 5.82 Å². The minimum Gasteiger partial charge on any atom is -0.296 e. The van der Waals surface area contributed by atoms with Crippen molar-refractivity contribution in [2.45, 2.75) is 17.3 Å². The van der Waals surface area contributed by atoms with E-state index in [0.717, 1.165) is 0 Å². The van der Waals surface area contributed by atoms with Crippen molar-refractivity contribution in [3.8, 4) is 0 Å². The molecule has 7 nitrogen and oxygen atoms in total. The second-order valence-corrected chi connectivity index (χ2v) is 9.03. The van der Waals surface area contributed by atoms with Gasteiger partial charge in [-0.2, -0.15) is 0 Å². The van der Waals surface area contributed by atoms with Crippen molar-refractivity contribution in [1.29, 1.82) is 0 Å². The summed E-state index contributed by atoms with van der Waals surface area (Å²) in [5.41, 5.74) is 0.929. The molecule has 0 spiro atoms. The number of carbonyl (C=O) groups excluding carboxylic acids is 1. The molecule has 0 aliphatic carbocycles. The van der Waals surface area contributed by atoms with Crippen molar-refractivity contribution in [2.24, 2.45) is 0 Å². The summed E-state index contributed by atoms with van der Waals surface area (Å²) in [6.45, 7) is 1.62. The van der Waals surface area contributed by atoms with Crippen molar-refractivity contribution in [2.75, 3.05) is 5.32 Å². The summed E-state index contributed by atoms with van der Waals surface area (Å²) in [5, 5.41) is 10.3. The SMILES string of the molecule is CC(NS(=O)(=O)c1nnc(NC(=O)c2ccc(Cl)cc2)s1)c1ccc(F)cc1. The van der Waals surface area contributed by atoms with Gasteiger partial charge < -0.3 is 0 Å². The van der Waals surface area contributed by atoms with Gasteiger partial charge in [0.1, 0.15) is 5.82 Å². The van der Waals surface area contributed by atoms with Crippen LogP contribution in [0.5, 0.6) is 0 Å². The zero-order chi connectivity index (χ0) is 20.3. The summed E-state index contributed by atoms with van der Waals surface area (Å²) in [6, 6.07) is 11.0. The largest absolute Gasteiger partial charge is 0.296 e. The summed E-state index contributed by atoms with van der Waals surface area (Å²) >= 11 is 6.49. The number of amides is 1. The van der Waals surface area contributed by atoms with E-state index in [1.54, 1.807) is 19.1 Å². The minimum atomic E-state index is -3.97. The standard InChI is InChI=1S/C17H14ClFN4O3S2/c1-10(11-4-8-14(19)9-5-11)23-28(25,26)17-22-21-16(27-17)20-15(24)12-2-6-13(18)7-3-12/h2-10,23H,1H3,(H,20,21,24). The number of anilines is 1. The molecule has 0 saturated carbocycles. The molecule has 0 radical (unpaired) electrons. The third-order valence-corrected chi connectivity index (χ3v) is 6.66. The molecule has 28 heavy (non-hydrogen) atoms. The molecule has 2 aromatic carbocycles. The van der Waals surface area contributed by atoms with Crippen LogP contribution in [0.4, 0.5) is 9.52 Å². The Bertz CT molecular complexity index is 1090. The van der Waals surface area contributed by atoms with Gasteiger partial charge in [-0.25, -0.2) is 17.5 Å². The van der Waals surface area contributed by atoms with E-state index in [9.17, 15) is 17.6 Å². The van der Waals surface area contributed by atoms with Gasteiger partial charge in [0.05, 0.1) is 0 Å². The Balaban J connectivity index is 1.70. The molecule has 3 rings (SSSR count). The van der Waals surface area contributed by atoms with Crippen LogP contribution in [0.25, 0.3) is 0 Å². The average molecular weight is 441 g/mol. The van der Waals surface area contributed by atoms with Crippen LogP contribution in [0.3, 0.4) is 0 Å². The lowest BCUT2D eigenvalue weighted by atomic mass is 10.1. The summed E-state index contributed by atoms with van der Waals surface area (Å²) in [5.74, 6) is -0.881. The molecule has 1 unspecified atom stereocenters. The van der Waals surface area contributed by atoms with E-state index in [1.807, 2.05) is 0 Å². The Labute approximate surface area is 169 Å². The highest BCUT2D eigenvalue weighted by molar-refractivity contribution is 7.91. The molecule has 11 heteroatoms. The van der Waals surface area contributed by atoms with Crippen LogP contribution < -0.4 is 10.0 Å². The Hall–Kier alpha value is -2.40. The quantitative estimate of drug-likeness (QED) is 0.570. The number of rotatable bonds is 6. The number of nitrogens with zero attached hydrogens (tertiary/aromatic N) is 2. The maximum absolute atomic E-state index is 13.0. The maximum Gasteiger partial charge on any atom is 0.270 e. The predicted octanol–water partition coefficient (Wildman–Crippen LogP) is 3.62. The van der Waals surface area contributed by atoms with Crippen molar-refractivity contribution in [3.05, 3.63) is 70.5 Å². The first kappa shape index (κ1) is 20.3. The lowest BCUT2D eigenvalue weighted by Crippen LogP contribution is -2.26. The predicted molar refractivity (Wildman–Crippen MR) is 104 cm³/mol. The Morgan fingerprint density at radius 1 is 1.11 bits per heavy atom. The summed E-state index contributed by atoms with van der Waals surface area (Å²) in [6.07, 6.45) is 0. The van der Waals surface area contributed by atoms with Crippen LogP contribution in [-0.2, 0) is 10.0 Å². The zero-order valence-electron chi connectivity index (χ0n) is 14.4. The smallest absolute Gasteiger partial charge is 0.270 e. The van der Waals surface area contributed by atoms with Gasteiger partial charge in [-0.15, -0.1) is 10.2 Å². The summed E-state index contributed by atoms with van der Waals surface area (Å²) in [7, 11) is -3.97. The zero-order valence-corrected chi connectivity index (χ0v) is 16.8. The summed E-state index contributed by atoms with van der Waals surface area (Å²) in [4.78, 5) is 12.2. The average Bonchev–Trinajstić information content (AvgIpc) is 3.12. The number of sulfonamides is 1. The molecule has 0 saturated heterocycles. The summed E-state index contributed by atoms with van der Waals surface area (Å²) < 4.78 is 40.1. The highest BCUT2D eigenvalue weighted by atomic mass is 35.5. The van der Waals surface area contributed by atoms with Crippen LogP contribution in [-0.4, -0.2) is 24.5 Å². The van der Waals surface area contributed by atoms with Gasteiger partial charge in [0, 0.05) is 16.6 Å². The van der Waals surface area contributed by atoms with Gasteiger partial charge in [-0.05, 0) is 48.9 Å². The second kappa shape index (κ2) is 8.31. The fourth-order valence-electron chi connectivity index (χ4n) is 2.24. The molecule has 1 aromatic heterocycles. The molecule has 0 fully saturated rings. The highest BCUT2D eigenvalue weighted by Gasteiger charge is 2.24. The Morgan fingerprint density at radius 2 is 1.75 bits per heavy atom. The number of benzene rings is 2. The number of hydrogen-bond acceptors (Lipinski definition) is 6. The molecular weight excluding hydrogens is 427 g/mol. The Morgan fingerprint density at radius 3 is 2.39 bits per heavy atom. The van der Waals surface area contributed by atoms with Crippen molar-refractivity contribution >= 4 is 44.0 Å². The van der Waals surface area contributed by atoms with E-state index in [-0.39, 0.29) is 9.47 Å². The maximum atomic E-state index is 13.0. The van der Waals surface area contributed by atoms with Crippen LogP contribution in [0.1, 0.15) is 28.9 Å². The molecule has 1 atom stereocenters. The van der Waals surface area contributed by atoms with Crippen LogP contribution in [0.2, 0.25) is 5.02 Å². The van der Waals surface area contributed by atoms with E-state index in [4.69, 9.17) is 11.6 Å². The molecule has 2 N–H and O–H groups in total. The highest BCUT2D eigenvalue weighted by Crippen LogP contribution is 2.23. The first-order chi connectivity index (χ1) is 13.2. The Kier molecular flexibility index (Phi) is 6.04. The molecular formula is C17H14ClFN4O3S2. The van der Waals surface area contributed by atoms with E-state index in [2.05, 4.69) is 20.2 Å². The number of aromatic nitrogens is 2. The van der Waals surface area contributed by atoms with E-state index in [0.29, 0.717) is 27.5 Å². The van der Waals surface area contributed by atoms with E-state index < -0.39 is 27.8 Å². The first-order valence-electron chi connectivity index (χ1n) is 7.93. The molecule has 0 bridgehead atoms. The second-order valence-electron chi connectivity index (χ2n) is 5.73. The van der Waals surface area contributed by atoms with Gasteiger partial charge in [-0.1, -0.05) is 35.1 Å². The number of hydrogen-bond donors (Lipinski definition) is 2. The molecule has 1 amide bonds. The minimum absolute atomic E-state index is 0.0368. The van der Waals surface area contributed by atoms with Crippen molar-refractivity contribution in [3.63, 3.8) is 0 Å². The van der Waals surface area contributed by atoms with Crippen molar-refractivity contribution in [1.82, 2.24) is 14.9 Å². The lowest BCUT2D eigenvalue weighted by molar-refractivity contribution is 0.102. The topological polar surface area (TPSA) is 101 Å². The molecule has 3 aromatic rings. The van der Waals surface area contributed by atoms with Gasteiger partial charge in [0.2, 0.25) is 9.47 Å². The van der Waals surface area contributed by atoms with Crippen molar-refractivity contribution < 1.29 is 17.6 Å². The van der Waals surface area contributed by atoms with Crippen LogP contribution >= 0.6 is 22.9 Å². The third kappa shape index (κ3) is 4.90. The third-order valence-electron chi connectivity index (χ3n) is 3.67. The van der Waals surface area contributed by atoms with Crippen LogP contribution in [0.15, 0.2) is 52.9 Å². The van der Waals surface area contributed by atoms with E-state index in [1.165, 1.54) is 36.4 Å². The fourth-order valence-corrected chi connectivity index (χ4v) is 4.51. The first-order valence-corrected chi connectivity index (χ1v) is 10.6. The number of nitrogens with one attached hydrogen (secondary N) is 2. The molecule has 0 aliphatic heterocycles. The van der Waals surface area contributed by atoms with E-state index >= 15 is 0 Å². The fraction of sp³-hybridized carbons (Fsp3) is 0.118. The molecule has 1 heterocycles. The number of halogens is 2. The molecule has 0 aliphatic rings. The van der Waals surface area contributed by atoms with Gasteiger partial charge in [0.25, 0.3) is 15.9 Å². The lowest BCUT2D eigenvalue weighted by Gasteiger charge is -2.12.